The average Bonchev–Trinajstić information content (AvgIpc) is 3.36. The third-order valence-electron chi connectivity index (χ3n) is 5.12. The van der Waals surface area contributed by atoms with Crippen molar-refractivity contribution in [3.8, 4) is 22.6 Å². The number of benzene rings is 1. The highest BCUT2D eigenvalue weighted by molar-refractivity contribution is 5.80. The zero-order valence-corrected chi connectivity index (χ0v) is 15.1. The van der Waals surface area contributed by atoms with Crippen molar-refractivity contribution in [2.75, 3.05) is 18.8 Å². The molecule has 1 aliphatic heterocycles. The van der Waals surface area contributed by atoms with E-state index in [1.807, 2.05) is 23.1 Å². The van der Waals surface area contributed by atoms with Crippen LogP contribution in [0.4, 0.5) is 10.2 Å². The number of pyridine rings is 1. The van der Waals surface area contributed by atoms with Gasteiger partial charge in [-0.2, -0.15) is 5.10 Å². The predicted molar refractivity (Wildman–Crippen MR) is 104 cm³/mol. The number of halogens is 1. The molecule has 4 aromatic rings. The van der Waals surface area contributed by atoms with Crippen LogP contribution in [-0.2, 0) is 0 Å². The zero-order chi connectivity index (χ0) is 19.1. The number of fused-ring (bicyclic) bond motifs is 1. The Labute approximate surface area is 160 Å². The second kappa shape index (κ2) is 6.72. The first kappa shape index (κ1) is 16.9. The van der Waals surface area contributed by atoms with Crippen LogP contribution < -0.4 is 11.1 Å². The number of nitrogens with two attached hydrogens (primary N) is 1. The summed E-state index contributed by atoms with van der Waals surface area (Å²) in [4.78, 5) is 8.72. The van der Waals surface area contributed by atoms with Gasteiger partial charge < -0.3 is 15.5 Å². The molecule has 0 saturated carbocycles. The smallest absolute Gasteiger partial charge is 0.231 e. The summed E-state index contributed by atoms with van der Waals surface area (Å²) in [6.07, 6.45) is 7.71. The Morgan fingerprint density at radius 2 is 2.00 bits per heavy atom. The van der Waals surface area contributed by atoms with E-state index in [0.29, 0.717) is 34.4 Å². The largest absolute Gasteiger partial charge is 0.436 e. The number of nitrogen functional groups attached to an aromatic ring is 1. The maximum atomic E-state index is 13.4. The number of hydrogen-bond acceptors (Lipinski definition) is 6. The molecule has 0 unspecified atom stereocenters. The highest BCUT2D eigenvalue weighted by Gasteiger charge is 2.18. The van der Waals surface area contributed by atoms with Crippen molar-refractivity contribution in [2.24, 2.45) is 0 Å². The lowest BCUT2D eigenvalue weighted by atomic mass is 10.1. The van der Waals surface area contributed by atoms with Gasteiger partial charge in [0.15, 0.2) is 5.58 Å². The van der Waals surface area contributed by atoms with Gasteiger partial charge in [-0.05, 0) is 44.1 Å². The lowest BCUT2D eigenvalue weighted by Gasteiger charge is -2.22. The molecule has 7 nitrogen and oxygen atoms in total. The van der Waals surface area contributed by atoms with Crippen molar-refractivity contribution in [2.45, 2.75) is 18.9 Å². The molecule has 3 aromatic heterocycles. The molecule has 4 heterocycles. The Kier molecular flexibility index (Phi) is 4.05. The molecule has 0 radical (unpaired) electrons. The predicted octanol–water partition coefficient (Wildman–Crippen LogP) is 3.40. The van der Waals surface area contributed by atoms with Gasteiger partial charge in [-0.25, -0.2) is 14.4 Å². The van der Waals surface area contributed by atoms with Gasteiger partial charge in [0.25, 0.3) is 0 Å². The second-order valence-corrected chi connectivity index (χ2v) is 6.98. The molecule has 28 heavy (non-hydrogen) atoms. The summed E-state index contributed by atoms with van der Waals surface area (Å²) in [6.45, 7) is 2.01. The summed E-state index contributed by atoms with van der Waals surface area (Å²) in [5.41, 5.74) is 9.40. The number of aromatic nitrogens is 4. The molecule has 1 saturated heterocycles. The van der Waals surface area contributed by atoms with Crippen LogP contribution in [0.3, 0.4) is 0 Å². The van der Waals surface area contributed by atoms with E-state index >= 15 is 0 Å². The number of nitrogens with one attached hydrogen (secondary N) is 1. The quantitative estimate of drug-likeness (QED) is 0.567. The van der Waals surface area contributed by atoms with Crippen LogP contribution in [0.5, 0.6) is 0 Å². The SMILES string of the molecule is Nc1ncc(-c2cnn(C3CCNCC3)c2)cc1-c1nc2ccc(F)cc2o1. The van der Waals surface area contributed by atoms with Crippen molar-refractivity contribution in [3.63, 3.8) is 0 Å². The fourth-order valence-electron chi connectivity index (χ4n) is 3.58. The van der Waals surface area contributed by atoms with Crippen LogP contribution in [0.2, 0.25) is 0 Å². The minimum atomic E-state index is -0.375. The maximum absolute atomic E-state index is 13.4. The summed E-state index contributed by atoms with van der Waals surface area (Å²) >= 11 is 0. The fraction of sp³-hybridized carbons (Fsp3) is 0.250. The summed E-state index contributed by atoms with van der Waals surface area (Å²) in [5.74, 6) is 0.250. The van der Waals surface area contributed by atoms with Crippen LogP contribution in [0.25, 0.3) is 33.7 Å². The minimum absolute atomic E-state index is 0.307. The first-order valence-electron chi connectivity index (χ1n) is 9.24. The first-order valence-corrected chi connectivity index (χ1v) is 9.24. The summed E-state index contributed by atoms with van der Waals surface area (Å²) in [5, 5.41) is 7.90. The van der Waals surface area contributed by atoms with E-state index < -0.39 is 0 Å². The fourth-order valence-corrected chi connectivity index (χ4v) is 3.58. The molecular formula is C20H19FN6O. The van der Waals surface area contributed by atoms with Gasteiger partial charge in [0.1, 0.15) is 17.2 Å². The molecule has 142 valence electrons. The Balaban J connectivity index is 1.51. The second-order valence-electron chi connectivity index (χ2n) is 6.98. The zero-order valence-electron chi connectivity index (χ0n) is 15.1. The normalized spacial score (nSPS) is 15.3. The van der Waals surface area contributed by atoms with Crippen molar-refractivity contribution >= 4 is 16.9 Å². The molecule has 0 spiro atoms. The summed E-state index contributed by atoms with van der Waals surface area (Å²) < 4.78 is 21.2. The monoisotopic (exact) mass is 378 g/mol. The van der Waals surface area contributed by atoms with Gasteiger partial charge in [0.05, 0.1) is 17.8 Å². The molecule has 3 N–H and O–H groups in total. The molecule has 0 bridgehead atoms. The van der Waals surface area contributed by atoms with Crippen molar-refractivity contribution in [1.29, 1.82) is 0 Å². The Morgan fingerprint density at radius 1 is 1.14 bits per heavy atom. The molecule has 5 rings (SSSR count). The highest BCUT2D eigenvalue weighted by Crippen LogP contribution is 2.32. The molecule has 0 atom stereocenters. The van der Waals surface area contributed by atoms with E-state index in [1.54, 1.807) is 12.3 Å². The van der Waals surface area contributed by atoms with E-state index in [2.05, 4.69) is 20.4 Å². The van der Waals surface area contributed by atoms with Gasteiger partial charge in [-0.1, -0.05) is 0 Å². The molecule has 0 amide bonds. The molecule has 1 aliphatic rings. The first-order chi connectivity index (χ1) is 13.7. The van der Waals surface area contributed by atoms with Crippen LogP contribution in [0.1, 0.15) is 18.9 Å². The van der Waals surface area contributed by atoms with Gasteiger partial charge in [-0.3, -0.25) is 4.68 Å². The van der Waals surface area contributed by atoms with Crippen LogP contribution >= 0.6 is 0 Å². The van der Waals surface area contributed by atoms with E-state index in [0.717, 1.165) is 37.1 Å². The van der Waals surface area contributed by atoms with Crippen LogP contribution in [0.15, 0.2) is 47.3 Å². The minimum Gasteiger partial charge on any atom is -0.436 e. The number of piperidine rings is 1. The van der Waals surface area contributed by atoms with Crippen molar-refractivity contribution < 1.29 is 8.81 Å². The molecule has 0 aliphatic carbocycles. The van der Waals surface area contributed by atoms with Gasteiger partial charge in [0, 0.05) is 29.6 Å². The van der Waals surface area contributed by atoms with Crippen LogP contribution in [-0.4, -0.2) is 32.8 Å². The number of nitrogens with zero attached hydrogens (tertiary/aromatic N) is 4. The molecule has 1 aromatic carbocycles. The Morgan fingerprint density at radius 3 is 2.86 bits per heavy atom. The average molecular weight is 378 g/mol. The lowest BCUT2D eigenvalue weighted by molar-refractivity contribution is 0.343. The van der Waals surface area contributed by atoms with E-state index in [4.69, 9.17) is 10.2 Å². The van der Waals surface area contributed by atoms with Crippen LogP contribution in [0, 0.1) is 5.82 Å². The topological polar surface area (TPSA) is 94.8 Å². The number of hydrogen-bond donors (Lipinski definition) is 2. The summed E-state index contributed by atoms with van der Waals surface area (Å²) in [7, 11) is 0. The third kappa shape index (κ3) is 3.01. The standard InChI is InChI=1S/C20H19FN6O/c21-14-1-2-17-18(8-14)28-20(26-17)16-7-12(9-24-19(16)22)13-10-25-27(11-13)15-3-5-23-6-4-15/h1-2,7-11,15,23H,3-6H2,(H2,22,24). The van der Waals surface area contributed by atoms with Gasteiger partial charge in [0.2, 0.25) is 5.89 Å². The lowest BCUT2D eigenvalue weighted by Crippen LogP contribution is -2.29. The molecule has 8 heteroatoms. The number of anilines is 1. The van der Waals surface area contributed by atoms with E-state index in [9.17, 15) is 4.39 Å². The molecule has 1 fully saturated rings. The molecular weight excluding hydrogens is 359 g/mol. The third-order valence-corrected chi connectivity index (χ3v) is 5.12. The summed E-state index contributed by atoms with van der Waals surface area (Å²) in [6, 6.07) is 6.52. The Hall–Kier alpha value is -3.26. The van der Waals surface area contributed by atoms with Gasteiger partial charge in [-0.15, -0.1) is 0 Å². The number of oxazole rings is 1. The maximum Gasteiger partial charge on any atom is 0.231 e. The van der Waals surface area contributed by atoms with Gasteiger partial charge >= 0.3 is 0 Å². The van der Waals surface area contributed by atoms with E-state index in [-0.39, 0.29) is 5.82 Å². The van der Waals surface area contributed by atoms with Crippen molar-refractivity contribution in [3.05, 3.63) is 48.7 Å². The van der Waals surface area contributed by atoms with E-state index in [1.165, 1.54) is 12.1 Å². The highest BCUT2D eigenvalue weighted by atomic mass is 19.1. The number of rotatable bonds is 3. The van der Waals surface area contributed by atoms with Crippen molar-refractivity contribution in [1.82, 2.24) is 25.1 Å². The Bertz CT molecular complexity index is 1140.